The summed E-state index contributed by atoms with van der Waals surface area (Å²) in [6.45, 7) is 1.89. The molecule has 1 unspecified atom stereocenters. The summed E-state index contributed by atoms with van der Waals surface area (Å²) in [6.07, 6.45) is 5.27. The molecule has 0 saturated heterocycles. The number of rotatable bonds is 8. The highest BCUT2D eigenvalue weighted by Crippen LogP contribution is 2.36. The largest absolute Gasteiger partial charge is 0.264 e. The number of hydrogen-bond donors (Lipinski definition) is 0. The van der Waals surface area contributed by atoms with Crippen molar-refractivity contribution in [3.05, 3.63) is 58.9 Å². The van der Waals surface area contributed by atoms with Crippen LogP contribution >= 0.6 is 11.6 Å². The lowest BCUT2D eigenvalue weighted by atomic mass is 10.1. The molecule has 0 N–H and O–H groups in total. The number of aryl methyl sites for hydroxylation is 1. The van der Waals surface area contributed by atoms with Gasteiger partial charge in [-0.05, 0) is 38.0 Å². The van der Waals surface area contributed by atoms with Crippen LogP contribution in [-0.2, 0) is 19.7 Å². The summed E-state index contributed by atoms with van der Waals surface area (Å²) in [4.78, 5) is 4.23. The fraction of sp³-hybridized carbons (Fsp3) is 0.389. The van der Waals surface area contributed by atoms with Crippen molar-refractivity contribution < 1.29 is 16.8 Å². The number of unbranched alkanes of at least 4 members (excludes halogenated alkanes) is 1. The molecule has 0 bridgehead atoms. The lowest BCUT2D eigenvalue weighted by molar-refractivity contribution is 0.566. The molecule has 0 spiro atoms. The average Bonchev–Trinajstić information content (AvgIpc) is 2.55. The molecule has 1 heterocycles. The molecular weight excluding hydrogens is 394 g/mol. The molecule has 0 saturated carbocycles. The van der Waals surface area contributed by atoms with Gasteiger partial charge in [0.2, 0.25) is 0 Å². The van der Waals surface area contributed by atoms with Crippen molar-refractivity contribution in [2.45, 2.75) is 36.3 Å². The van der Waals surface area contributed by atoms with Crippen LogP contribution in [0.1, 0.15) is 35.6 Å². The van der Waals surface area contributed by atoms with E-state index in [1.165, 1.54) is 18.6 Å². The van der Waals surface area contributed by atoms with Crippen LogP contribution < -0.4 is 0 Å². The summed E-state index contributed by atoms with van der Waals surface area (Å²) >= 11 is 6.22. The van der Waals surface area contributed by atoms with Crippen LogP contribution in [0.25, 0.3) is 0 Å². The van der Waals surface area contributed by atoms with Crippen molar-refractivity contribution in [2.24, 2.45) is 0 Å². The third-order valence-electron chi connectivity index (χ3n) is 4.10. The summed E-state index contributed by atoms with van der Waals surface area (Å²) in [5.74, 6) is 0.0328. The zero-order valence-electron chi connectivity index (χ0n) is 14.7. The van der Waals surface area contributed by atoms with Crippen LogP contribution in [0.2, 0.25) is 5.02 Å². The number of sulfone groups is 2. The van der Waals surface area contributed by atoms with Gasteiger partial charge in [0.25, 0.3) is 0 Å². The van der Waals surface area contributed by atoms with E-state index in [1.807, 2.05) is 6.92 Å². The third-order valence-corrected chi connectivity index (χ3v) is 7.64. The average molecular weight is 416 g/mol. The van der Waals surface area contributed by atoms with Crippen LogP contribution in [0.15, 0.2) is 47.6 Å². The maximum Gasteiger partial charge on any atom is 0.185 e. The van der Waals surface area contributed by atoms with E-state index < -0.39 is 24.9 Å². The quantitative estimate of drug-likeness (QED) is 0.613. The maximum atomic E-state index is 13.2. The van der Waals surface area contributed by atoms with Gasteiger partial charge in [-0.1, -0.05) is 35.7 Å². The number of aromatic nitrogens is 1. The summed E-state index contributed by atoms with van der Waals surface area (Å²) in [7, 11) is -6.76. The number of halogens is 1. The Balaban J connectivity index is 2.34. The number of pyridine rings is 1. The van der Waals surface area contributed by atoms with E-state index in [1.54, 1.807) is 30.3 Å². The van der Waals surface area contributed by atoms with E-state index in [0.29, 0.717) is 23.4 Å². The molecule has 8 heteroatoms. The molecule has 1 atom stereocenters. The van der Waals surface area contributed by atoms with Crippen molar-refractivity contribution >= 4 is 31.3 Å². The first-order valence-electron chi connectivity index (χ1n) is 8.19. The van der Waals surface area contributed by atoms with Gasteiger partial charge in [0, 0.05) is 35.0 Å². The summed E-state index contributed by atoms with van der Waals surface area (Å²) < 4.78 is 49.0. The number of hydrogen-bond acceptors (Lipinski definition) is 5. The molecule has 26 heavy (non-hydrogen) atoms. The predicted molar refractivity (Wildman–Crippen MR) is 104 cm³/mol. The molecule has 1 aromatic carbocycles. The lowest BCUT2D eigenvalue weighted by Crippen LogP contribution is -2.15. The molecule has 142 valence electrons. The van der Waals surface area contributed by atoms with Gasteiger partial charge in [0.15, 0.2) is 9.84 Å². The Morgan fingerprint density at radius 1 is 1.04 bits per heavy atom. The first-order valence-corrected chi connectivity index (χ1v) is 12.2. The second-order valence-corrected chi connectivity index (χ2v) is 11.2. The molecule has 0 aliphatic rings. The van der Waals surface area contributed by atoms with Gasteiger partial charge in [-0.2, -0.15) is 0 Å². The maximum absolute atomic E-state index is 13.2. The van der Waals surface area contributed by atoms with Crippen molar-refractivity contribution in [3.63, 3.8) is 0 Å². The highest BCUT2D eigenvalue weighted by molar-refractivity contribution is 7.91. The smallest absolute Gasteiger partial charge is 0.185 e. The van der Waals surface area contributed by atoms with Crippen LogP contribution in [0.5, 0.6) is 0 Å². The highest BCUT2D eigenvalue weighted by atomic mass is 35.5. The third kappa shape index (κ3) is 5.53. The van der Waals surface area contributed by atoms with Crippen molar-refractivity contribution in [3.8, 4) is 0 Å². The van der Waals surface area contributed by atoms with Gasteiger partial charge in [0.1, 0.15) is 9.84 Å². The Morgan fingerprint density at radius 3 is 2.27 bits per heavy atom. The van der Waals surface area contributed by atoms with Gasteiger partial charge in [0.05, 0.1) is 10.1 Å². The van der Waals surface area contributed by atoms with Crippen molar-refractivity contribution in [1.82, 2.24) is 4.98 Å². The first-order chi connectivity index (χ1) is 12.1. The van der Waals surface area contributed by atoms with Gasteiger partial charge in [-0.3, -0.25) is 4.98 Å². The molecule has 0 amide bonds. The topological polar surface area (TPSA) is 81.2 Å². The van der Waals surface area contributed by atoms with Crippen LogP contribution in [0.4, 0.5) is 0 Å². The Labute approximate surface area is 160 Å². The van der Waals surface area contributed by atoms with Crippen LogP contribution in [0.3, 0.4) is 0 Å². The second-order valence-electron chi connectivity index (χ2n) is 6.37. The summed E-state index contributed by atoms with van der Waals surface area (Å²) in [5.41, 5.74) is 1.40. The van der Waals surface area contributed by atoms with Gasteiger partial charge < -0.3 is 0 Å². The zero-order valence-corrected chi connectivity index (χ0v) is 17.1. The fourth-order valence-electron chi connectivity index (χ4n) is 2.69. The summed E-state index contributed by atoms with van der Waals surface area (Å²) in [6, 6.07) is 8.22. The van der Waals surface area contributed by atoms with E-state index in [4.69, 9.17) is 11.6 Å². The van der Waals surface area contributed by atoms with Gasteiger partial charge in [-0.15, -0.1) is 0 Å². The van der Waals surface area contributed by atoms with E-state index in [0.717, 1.165) is 5.56 Å². The van der Waals surface area contributed by atoms with Crippen LogP contribution in [0, 0.1) is 6.92 Å². The fourth-order valence-corrected chi connectivity index (χ4v) is 5.56. The Bertz CT molecular complexity index is 955. The molecular formula is C18H22ClNO4S2. The Hall–Kier alpha value is -1.44. The van der Waals surface area contributed by atoms with E-state index >= 15 is 0 Å². The zero-order chi connectivity index (χ0) is 19.4. The minimum Gasteiger partial charge on any atom is -0.264 e. The normalized spacial score (nSPS) is 13.5. The van der Waals surface area contributed by atoms with Crippen molar-refractivity contribution in [2.75, 3.05) is 12.0 Å². The minimum absolute atomic E-state index is 0.0328. The van der Waals surface area contributed by atoms with E-state index in [2.05, 4.69) is 4.98 Å². The molecule has 2 rings (SSSR count). The molecule has 1 aromatic heterocycles. The standard InChI is InChI=1S/C18H22ClNO4S2/c1-14-6-8-15(9-7-14)26(23,24)18(5-3-4-12-25(2,21)22)16-13-20-11-10-17(16)19/h6-11,13,18H,3-5,12H2,1-2H3. The first kappa shape index (κ1) is 20.9. The SMILES string of the molecule is Cc1ccc(S(=O)(=O)C(CCCCS(C)(=O)=O)c2cnccc2Cl)cc1. The molecule has 5 nitrogen and oxygen atoms in total. The molecule has 0 radical (unpaired) electrons. The minimum atomic E-state index is -3.68. The monoisotopic (exact) mass is 415 g/mol. The second kappa shape index (κ2) is 8.50. The number of benzene rings is 1. The Kier molecular flexibility index (Phi) is 6.82. The van der Waals surface area contributed by atoms with E-state index in [9.17, 15) is 16.8 Å². The van der Waals surface area contributed by atoms with Gasteiger partial charge in [-0.25, -0.2) is 16.8 Å². The molecule has 0 aliphatic carbocycles. The number of nitrogens with zero attached hydrogens (tertiary/aromatic N) is 1. The molecule has 0 fully saturated rings. The van der Waals surface area contributed by atoms with Crippen LogP contribution in [-0.4, -0.2) is 33.8 Å². The summed E-state index contributed by atoms with van der Waals surface area (Å²) in [5, 5.41) is -0.533. The van der Waals surface area contributed by atoms with Crippen molar-refractivity contribution in [1.29, 1.82) is 0 Å². The molecule has 0 aliphatic heterocycles. The predicted octanol–water partition coefficient (Wildman–Crippen LogP) is 3.77. The van der Waals surface area contributed by atoms with Gasteiger partial charge >= 0.3 is 0 Å². The molecule has 2 aromatic rings. The Morgan fingerprint density at radius 2 is 1.69 bits per heavy atom. The van der Waals surface area contributed by atoms with E-state index in [-0.39, 0.29) is 17.1 Å². The lowest BCUT2D eigenvalue weighted by Gasteiger charge is -2.19. The highest BCUT2D eigenvalue weighted by Gasteiger charge is 2.30.